The highest BCUT2D eigenvalue weighted by Crippen LogP contribution is 2.36. The summed E-state index contributed by atoms with van der Waals surface area (Å²) in [7, 11) is 0. The summed E-state index contributed by atoms with van der Waals surface area (Å²) in [6, 6.07) is 9.30. The Balaban J connectivity index is 2.36. The van der Waals surface area contributed by atoms with Gasteiger partial charge in [0.15, 0.2) is 5.15 Å². The standard InChI is InChI=1S/C13H12BrClN2O/c1-8(2)9-4-3-5-10(14)13(9)18-12-7-6-11(15)16-17-12/h3-8H,1-2H3. The maximum absolute atomic E-state index is 5.78. The average Bonchev–Trinajstić information content (AvgIpc) is 2.34. The van der Waals surface area contributed by atoms with Gasteiger partial charge in [0.25, 0.3) is 0 Å². The molecule has 2 aromatic rings. The van der Waals surface area contributed by atoms with Gasteiger partial charge in [0.1, 0.15) is 5.75 Å². The van der Waals surface area contributed by atoms with Crippen molar-refractivity contribution in [2.75, 3.05) is 0 Å². The van der Waals surface area contributed by atoms with Crippen LogP contribution >= 0.6 is 27.5 Å². The summed E-state index contributed by atoms with van der Waals surface area (Å²) in [6.07, 6.45) is 0. The molecule has 2 rings (SSSR count). The van der Waals surface area contributed by atoms with E-state index in [0.717, 1.165) is 15.8 Å². The molecule has 0 saturated heterocycles. The van der Waals surface area contributed by atoms with Crippen LogP contribution in [0.4, 0.5) is 0 Å². The lowest BCUT2D eigenvalue weighted by molar-refractivity contribution is 0.444. The number of halogens is 2. The van der Waals surface area contributed by atoms with Gasteiger partial charge in [-0.15, -0.1) is 10.2 Å². The lowest BCUT2D eigenvalue weighted by Crippen LogP contribution is -1.97. The first kappa shape index (κ1) is 13.3. The predicted octanol–water partition coefficient (Wildman–Crippen LogP) is 4.81. The summed E-state index contributed by atoms with van der Waals surface area (Å²) >= 11 is 9.18. The second kappa shape index (κ2) is 5.67. The molecular formula is C13H12BrClN2O. The number of aromatic nitrogens is 2. The second-order valence-corrected chi connectivity index (χ2v) is 5.35. The number of nitrogens with zero attached hydrogens (tertiary/aromatic N) is 2. The summed E-state index contributed by atoms with van der Waals surface area (Å²) in [5.74, 6) is 1.55. The Kier molecular flexibility index (Phi) is 4.19. The van der Waals surface area contributed by atoms with Gasteiger partial charge in [-0.2, -0.15) is 0 Å². The van der Waals surface area contributed by atoms with E-state index in [9.17, 15) is 0 Å². The zero-order valence-corrected chi connectivity index (χ0v) is 12.4. The number of hydrogen-bond donors (Lipinski definition) is 0. The molecule has 0 saturated carbocycles. The molecule has 1 aromatic carbocycles. The molecule has 1 heterocycles. The molecule has 0 amide bonds. The van der Waals surface area contributed by atoms with Gasteiger partial charge in [0.2, 0.25) is 5.88 Å². The Morgan fingerprint density at radius 2 is 1.94 bits per heavy atom. The molecule has 0 unspecified atom stereocenters. The van der Waals surface area contributed by atoms with E-state index >= 15 is 0 Å². The van der Waals surface area contributed by atoms with Gasteiger partial charge in [0.05, 0.1) is 4.47 Å². The van der Waals surface area contributed by atoms with Gasteiger partial charge in [-0.25, -0.2) is 0 Å². The second-order valence-electron chi connectivity index (χ2n) is 4.11. The molecular weight excluding hydrogens is 316 g/mol. The van der Waals surface area contributed by atoms with Crippen LogP contribution in [0.5, 0.6) is 11.6 Å². The van der Waals surface area contributed by atoms with Crippen molar-refractivity contribution < 1.29 is 4.74 Å². The molecule has 0 spiro atoms. The van der Waals surface area contributed by atoms with Crippen LogP contribution in [0.2, 0.25) is 5.15 Å². The number of rotatable bonds is 3. The highest BCUT2D eigenvalue weighted by atomic mass is 79.9. The number of para-hydroxylation sites is 1. The van der Waals surface area contributed by atoms with Gasteiger partial charge in [-0.1, -0.05) is 37.6 Å². The molecule has 0 bridgehead atoms. The molecule has 0 radical (unpaired) electrons. The number of ether oxygens (including phenoxy) is 1. The highest BCUT2D eigenvalue weighted by Gasteiger charge is 2.12. The van der Waals surface area contributed by atoms with E-state index in [-0.39, 0.29) is 0 Å². The van der Waals surface area contributed by atoms with E-state index in [4.69, 9.17) is 16.3 Å². The smallest absolute Gasteiger partial charge is 0.239 e. The fourth-order valence-corrected chi connectivity index (χ4v) is 2.11. The largest absolute Gasteiger partial charge is 0.436 e. The van der Waals surface area contributed by atoms with Crippen LogP contribution in [0, 0.1) is 0 Å². The maximum Gasteiger partial charge on any atom is 0.239 e. The fourth-order valence-electron chi connectivity index (χ4n) is 1.55. The molecule has 3 nitrogen and oxygen atoms in total. The molecule has 0 aliphatic heterocycles. The van der Waals surface area contributed by atoms with Crippen LogP contribution in [-0.2, 0) is 0 Å². The molecule has 18 heavy (non-hydrogen) atoms. The van der Waals surface area contributed by atoms with Crippen molar-refractivity contribution in [2.45, 2.75) is 19.8 Å². The van der Waals surface area contributed by atoms with E-state index < -0.39 is 0 Å². The van der Waals surface area contributed by atoms with Gasteiger partial charge < -0.3 is 4.74 Å². The molecule has 94 valence electrons. The number of hydrogen-bond acceptors (Lipinski definition) is 3. The normalized spacial score (nSPS) is 10.7. The Morgan fingerprint density at radius 1 is 1.17 bits per heavy atom. The minimum Gasteiger partial charge on any atom is -0.436 e. The minimum atomic E-state index is 0.346. The third-order valence-electron chi connectivity index (χ3n) is 2.43. The molecule has 0 atom stereocenters. The zero-order chi connectivity index (χ0) is 13.1. The van der Waals surface area contributed by atoms with Crippen LogP contribution in [0.15, 0.2) is 34.8 Å². The van der Waals surface area contributed by atoms with Crippen molar-refractivity contribution in [2.24, 2.45) is 0 Å². The zero-order valence-electron chi connectivity index (χ0n) is 10.0. The van der Waals surface area contributed by atoms with Crippen LogP contribution < -0.4 is 4.74 Å². The first-order valence-electron chi connectivity index (χ1n) is 5.53. The van der Waals surface area contributed by atoms with Gasteiger partial charge in [0, 0.05) is 6.07 Å². The first-order valence-corrected chi connectivity index (χ1v) is 6.70. The van der Waals surface area contributed by atoms with Crippen molar-refractivity contribution in [3.05, 3.63) is 45.5 Å². The summed E-state index contributed by atoms with van der Waals surface area (Å²) in [6.45, 7) is 4.23. The Morgan fingerprint density at radius 3 is 2.56 bits per heavy atom. The van der Waals surface area contributed by atoms with Crippen molar-refractivity contribution in [3.8, 4) is 11.6 Å². The predicted molar refractivity (Wildman–Crippen MR) is 75.3 cm³/mol. The number of benzene rings is 1. The molecule has 5 heteroatoms. The third kappa shape index (κ3) is 3.00. The summed E-state index contributed by atoms with van der Waals surface area (Å²) < 4.78 is 6.67. The Labute approximate surface area is 119 Å². The SMILES string of the molecule is CC(C)c1cccc(Br)c1Oc1ccc(Cl)nn1. The van der Waals surface area contributed by atoms with E-state index in [0.29, 0.717) is 17.0 Å². The Hall–Kier alpha value is -1.13. The summed E-state index contributed by atoms with van der Waals surface area (Å²) in [5, 5.41) is 7.99. The van der Waals surface area contributed by atoms with E-state index in [1.807, 2.05) is 18.2 Å². The van der Waals surface area contributed by atoms with Crippen molar-refractivity contribution in [1.82, 2.24) is 10.2 Å². The summed E-state index contributed by atoms with van der Waals surface area (Å²) in [4.78, 5) is 0. The lowest BCUT2D eigenvalue weighted by Gasteiger charge is -2.14. The minimum absolute atomic E-state index is 0.346. The van der Waals surface area contributed by atoms with E-state index in [1.54, 1.807) is 12.1 Å². The van der Waals surface area contributed by atoms with Crippen LogP contribution in [-0.4, -0.2) is 10.2 Å². The summed E-state index contributed by atoms with van der Waals surface area (Å²) in [5.41, 5.74) is 1.11. The van der Waals surface area contributed by atoms with Crippen molar-refractivity contribution >= 4 is 27.5 Å². The molecule has 0 aliphatic rings. The monoisotopic (exact) mass is 326 g/mol. The van der Waals surface area contributed by atoms with Crippen LogP contribution in [0.3, 0.4) is 0 Å². The third-order valence-corrected chi connectivity index (χ3v) is 3.26. The first-order chi connectivity index (χ1) is 8.58. The average molecular weight is 328 g/mol. The topological polar surface area (TPSA) is 35.0 Å². The highest BCUT2D eigenvalue weighted by molar-refractivity contribution is 9.10. The quantitative estimate of drug-likeness (QED) is 0.811. The van der Waals surface area contributed by atoms with Crippen LogP contribution in [0.25, 0.3) is 0 Å². The molecule has 0 N–H and O–H groups in total. The Bertz CT molecular complexity index is 543. The molecule has 1 aromatic heterocycles. The van der Waals surface area contributed by atoms with Crippen LogP contribution in [0.1, 0.15) is 25.3 Å². The van der Waals surface area contributed by atoms with E-state index in [2.05, 4.69) is 40.0 Å². The van der Waals surface area contributed by atoms with Crippen molar-refractivity contribution in [1.29, 1.82) is 0 Å². The lowest BCUT2D eigenvalue weighted by atomic mass is 10.0. The van der Waals surface area contributed by atoms with Crippen molar-refractivity contribution in [3.63, 3.8) is 0 Å². The maximum atomic E-state index is 5.78. The molecule has 0 aliphatic carbocycles. The van der Waals surface area contributed by atoms with E-state index in [1.165, 1.54) is 0 Å². The van der Waals surface area contributed by atoms with Gasteiger partial charge >= 0.3 is 0 Å². The fraction of sp³-hybridized carbons (Fsp3) is 0.231. The van der Waals surface area contributed by atoms with Gasteiger partial charge in [-0.3, -0.25) is 0 Å². The molecule has 0 fully saturated rings. The van der Waals surface area contributed by atoms with Gasteiger partial charge in [-0.05, 0) is 39.5 Å².